The lowest BCUT2D eigenvalue weighted by molar-refractivity contribution is 0.0388. The third-order valence-electron chi connectivity index (χ3n) is 5.60. The summed E-state index contributed by atoms with van der Waals surface area (Å²) in [7, 11) is 0. The number of hydrogen-bond donors (Lipinski definition) is 2. The monoisotopic (exact) mass is 268 g/mol. The number of nitrogens with two attached hydrogens (primary N) is 1. The Kier molecular flexibility index (Phi) is 5.67. The maximum Gasteiger partial charge on any atom is 0.0589 e. The van der Waals surface area contributed by atoms with Crippen LogP contribution in [0.4, 0.5) is 0 Å². The lowest BCUT2D eigenvalue weighted by Crippen LogP contribution is -2.50. The van der Waals surface area contributed by atoms with Gasteiger partial charge in [-0.3, -0.25) is 4.90 Å². The third-order valence-corrected chi connectivity index (χ3v) is 5.60. The summed E-state index contributed by atoms with van der Waals surface area (Å²) in [6, 6.07) is 0.997. The van der Waals surface area contributed by atoms with Crippen LogP contribution < -0.4 is 5.73 Å². The van der Waals surface area contributed by atoms with Gasteiger partial charge in [0.1, 0.15) is 0 Å². The molecule has 1 heterocycles. The summed E-state index contributed by atoms with van der Waals surface area (Å²) in [4.78, 5) is 2.60. The van der Waals surface area contributed by atoms with Crippen molar-refractivity contribution in [1.82, 2.24) is 4.90 Å². The van der Waals surface area contributed by atoms with E-state index in [4.69, 9.17) is 5.73 Å². The Balaban J connectivity index is 2.05. The lowest BCUT2D eigenvalue weighted by atomic mass is 9.75. The van der Waals surface area contributed by atoms with E-state index in [1.54, 1.807) is 0 Å². The average Bonchev–Trinajstić information content (AvgIpc) is 2.80. The van der Waals surface area contributed by atoms with E-state index in [0.29, 0.717) is 30.5 Å². The van der Waals surface area contributed by atoms with Crippen molar-refractivity contribution in [2.75, 3.05) is 19.7 Å². The molecule has 1 saturated carbocycles. The largest absolute Gasteiger partial charge is 0.395 e. The molecule has 0 aromatic heterocycles. The van der Waals surface area contributed by atoms with Crippen molar-refractivity contribution in [3.63, 3.8) is 0 Å². The van der Waals surface area contributed by atoms with Crippen molar-refractivity contribution in [3.05, 3.63) is 0 Å². The van der Waals surface area contributed by atoms with E-state index in [2.05, 4.69) is 18.7 Å². The minimum atomic E-state index is 0.313. The Morgan fingerprint density at radius 2 is 2.05 bits per heavy atom. The fourth-order valence-corrected chi connectivity index (χ4v) is 4.38. The number of aliphatic hydroxyl groups excluding tert-OH is 1. The first-order valence-electron chi connectivity index (χ1n) is 8.27. The molecule has 2 rings (SSSR count). The van der Waals surface area contributed by atoms with Crippen LogP contribution in [0.2, 0.25) is 0 Å². The van der Waals surface area contributed by atoms with Crippen LogP contribution in [-0.4, -0.2) is 41.8 Å². The first-order valence-corrected chi connectivity index (χ1v) is 8.27. The Morgan fingerprint density at radius 3 is 2.68 bits per heavy atom. The number of nitrogens with zero attached hydrogens (tertiary/aromatic N) is 1. The van der Waals surface area contributed by atoms with Gasteiger partial charge in [0.05, 0.1) is 6.61 Å². The fraction of sp³-hybridized carbons (Fsp3) is 1.00. The third kappa shape index (κ3) is 3.32. The molecular formula is C16H32N2O. The van der Waals surface area contributed by atoms with Crippen molar-refractivity contribution in [2.24, 2.45) is 23.5 Å². The molecule has 0 bridgehead atoms. The Labute approximate surface area is 118 Å². The van der Waals surface area contributed by atoms with Gasteiger partial charge in [0.15, 0.2) is 0 Å². The molecule has 19 heavy (non-hydrogen) atoms. The number of hydrogen-bond acceptors (Lipinski definition) is 3. The molecule has 1 aliphatic carbocycles. The molecule has 3 nitrogen and oxygen atoms in total. The average molecular weight is 268 g/mol. The summed E-state index contributed by atoms with van der Waals surface area (Å²) in [5.74, 6) is 2.16. The van der Waals surface area contributed by atoms with Gasteiger partial charge in [0.25, 0.3) is 0 Å². The fourth-order valence-electron chi connectivity index (χ4n) is 4.38. The smallest absolute Gasteiger partial charge is 0.0589 e. The summed E-state index contributed by atoms with van der Waals surface area (Å²) in [6.45, 7) is 6.86. The molecular weight excluding hydrogens is 236 g/mol. The molecule has 3 heteroatoms. The highest BCUT2D eigenvalue weighted by Gasteiger charge is 2.40. The molecule has 0 amide bonds. The molecule has 5 atom stereocenters. The zero-order chi connectivity index (χ0) is 13.8. The summed E-state index contributed by atoms with van der Waals surface area (Å²) in [6.07, 6.45) is 7.84. The molecule has 0 spiro atoms. The molecule has 2 fully saturated rings. The van der Waals surface area contributed by atoms with Gasteiger partial charge >= 0.3 is 0 Å². The van der Waals surface area contributed by atoms with E-state index in [1.165, 1.54) is 38.5 Å². The van der Waals surface area contributed by atoms with Crippen LogP contribution in [-0.2, 0) is 0 Å². The molecule has 2 aliphatic rings. The Bertz CT molecular complexity index is 271. The second-order valence-electron chi connectivity index (χ2n) is 6.78. The van der Waals surface area contributed by atoms with Crippen LogP contribution >= 0.6 is 0 Å². The summed E-state index contributed by atoms with van der Waals surface area (Å²) < 4.78 is 0. The van der Waals surface area contributed by atoms with E-state index in [9.17, 15) is 5.11 Å². The quantitative estimate of drug-likeness (QED) is 0.804. The minimum absolute atomic E-state index is 0.313. The highest BCUT2D eigenvalue weighted by atomic mass is 16.3. The van der Waals surface area contributed by atoms with Gasteiger partial charge in [-0.1, -0.05) is 33.1 Å². The molecule has 0 aromatic rings. The van der Waals surface area contributed by atoms with E-state index in [1.807, 2.05) is 0 Å². The summed E-state index contributed by atoms with van der Waals surface area (Å²) >= 11 is 0. The van der Waals surface area contributed by atoms with Crippen molar-refractivity contribution >= 4 is 0 Å². The topological polar surface area (TPSA) is 49.5 Å². The van der Waals surface area contributed by atoms with Crippen molar-refractivity contribution in [3.8, 4) is 0 Å². The maximum absolute atomic E-state index is 9.69. The highest BCUT2D eigenvalue weighted by molar-refractivity contribution is 4.94. The number of rotatable bonds is 5. The minimum Gasteiger partial charge on any atom is -0.395 e. The maximum atomic E-state index is 9.69. The molecule has 5 unspecified atom stereocenters. The van der Waals surface area contributed by atoms with Gasteiger partial charge in [0.2, 0.25) is 0 Å². The Morgan fingerprint density at radius 1 is 1.26 bits per heavy atom. The van der Waals surface area contributed by atoms with Gasteiger partial charge in [-0.2, -0.15) is 0 Å². The second-order valence-corrected chi connectivity index (χ2v) is 6.78. The molecule has 0 radical (unpaired) electrons. The van der Waals surface area contributed by atoms with E-state index >= 15 is 0 Å². The zero-order valence-electron chi connectivity index (χ0n) is 12.7. The number of likely N-dealkylation sites (tertiary alicyclic amines) is 1. The molecule has 112 valence electrons. The second kappa shape index (κ2) is 7.05. The number of aliphatic hydroxyl groups is 1. The molecule has 1 aliphatic heterocycles. The van der Waals surface area contributed by atoms with Crippen LogP contribution in [0.3, 0.4) is 0 Å². The van der Waals surface area contributed by atoms with E-state index < -0.39 is 0 Å². The first-order chi connectivity index (χ1) is 9.21. The van der Waals surface area contributed by atoms with Crippen LogP contribution in [0, 0.1) is 17.8 Å². The van der Waals surface area contributed by atoms with Crippen molar-refractivity contribution in [2.45, 2.75) is 64.5 Å². The summed E-state index contributed by atoms with van der Waals surface area (Å²) in [5, 5.41) is 9.69. The van der Waals surface area contributed by atoms with E-state index in [-0.39, 0.29) is 0 Å². The van der Waals surface area contributed by atoms with Gasteiger partial charge in [-0.05, 0) is 50.1 Å². The van der Waals surface area contributed by atoms with Crippen LogP contribution in [0.1, 0.15) is 52.4 Å². The standard InChI is InChI=1S/C16H32N2O/c1-3-4-13-5-6-14(10-17)15(9-13)18-8-7-12(2)16(18)11-19/h12-16,19H,3-11,17H2,1-2H3. The van der Waals surface area contributed by atoms with E-state index in [0.717, 1.165) is 19.0 Å². The predicted octanol–water partition coefficient (Wildman–Crippen LogP) is 2.23. The van der Waals surface area contributed by atoms with Crippen LogP contribution in [0.5, 0.6) is 0 Å². The van der Waals surface area contributed by atoms with Gasteiger partial charge in [-0.25, -0.2) is 0 Å². The molecule has 0 aromatic carbocycles. The normalized spacial score (nSPS) is 40.7. The van der Waals surface area contributed by atoms with Gasteiger partial charge in [-0.15, -0.1) is 0 Å². The van der Waals surface area contributed by atoms with Crippen molar-refractivity contribution < 1.29 is 5.11 Å². The molecule has 1 saturated heterocycles. The molecule has 3 N–H and O–H groups in total. The highest BCUT2D eigenvalue weighted by Crippen LogP contribution is 2.38. The zero-order valence-corrected chi connectivity index (χ0v) is 12.7. The van der Waals surface area contributed by atoms with Crippen LogP contribution in [0.15, 0.2) is 0 Å². The SMILES string of the molecule is CCCC1CCC(CN)C(N2CCC(C)C2CO)C1. The van der Waals surface area contributed by atoms with Crippen molar-refractivity contribution in [1.29, 1.82) is 0 Å². The lowest BCUT2D eigenvalue weighted by Gasteiger charge is -2.43. The van der Waals surface area contributed by atoms with Gasteiger partial charge in [0, 0.05) is 12.1 Å². The van der Waals surface area contributed by atoms with Gasteiger partial charge < -0.3 is 10.8 Å². The first kappa shape index (κ1) is 15.3. The Hall–Kier alpha value is -0.120. The summed E-state index contributed by atoms with van der Waals surface area (Å²) in [5.41, 5.74) is 6.01. The van der Waals surface area contributed by atoms with Crippen LogP contribution in [0.25, 0.3) is 0 Å². The predicted molar refractivity (Wildman–Crippen MR) is 79.9 cm³/mol.